The molecule has 158 valence electrons. The fourth-order valence-electron chi connectivity index (χ4n) is 4.88. The van der Waals surface area contributed by atoms with Crippen LogP contribution in [0.5, 0.6) is 0 Å². The predicted octanol–water partition coefficient (Wildman–Crippen LogP) is 5.47. The number of unbranched alkanes of at least 4 members (excludes halogenated alkanes) is 5. The first-order chi connectivity index (χ1) is 13.5. The third kappa shape index (κ3) is 5.92. The Labute approximate surface area is 173 Å². The summed E-state index contributed by atoms with van der Waals surface area (Å²) in [6.45, 7) is 11.6. The van der Waals surface area contributed by atoms with Crippen LogP contribution in [0.4, 0.5) is 5.95 Å². The van der Waals surface area contributed by atoms with E-state index in [0.29, 0.717) is 18.1 Å². The Hall–Kier alpha value is -1.16. The van der Waals surface area contributed by atoms with Gasteiger partial charge in [0.25, 0.3) is 0 Å². The molecule has 2 atom stereocenters. The van der Waals surface area contributed by atoms with Gasteiger partial charge in [-0.15, -0.1) is 0 Å². The van der Waals surface area contributed by atoms with Gasteiger partial charge in [-0.25, -0.2) is 9.97 Å². The minimum Gasteiger partial charge on any atom is -0.332 e. The Kier molecular flexibility index (Phi) is 8.13. The van der Waals surface area contributed by atoms with Gasteiger partial charge in [0.1, 0.15) is 0 Å². The monoisotopic (exact) mass is 386 g/mol. The molecule has 3 rings (SSSR count). The molecular weight excluding hydrogens is 344 g/mol. The summed E-state index contributed by atoms with van der Waals surface area (Å²) in [5.41, 5.74) is 1.30. The van der Waals surface area contributed by atoms with E-state index in [1.807, 2.05) is 0 Å². The van der Waals surface area contributed by atoms with Crippen LogP contribution in [0.15, 0.2) is 12.4 Å². The molecule has 0 saturated carbocycles. The van der Waals surface area contributed by atoms with E-state index < -0.39 is 0 Å². The summed E-state index contributed by atoms with van der Waals surface area (Å²) in [4.78, 5) is 14.7. The molecule has 28 heavy (non-hydrogen) atoms. The molecule has 2 fully saturated rings. The first-order valence-corrected chi connectivity index (χ1v) is 11.9. The number of aromatic nitrogens is 2. The maximum atomic E-state index is 4.77. The van der Waals surface area contributed by atoms with E-state index >= 15 is 0 Å². The first-order valence-electron chi connectivity index (χ1n) is 11.9. The van der Waals surface area contributed by atoms with Gasteiger partial charge < -0.3 is 4.90 Å². The lowest BCUT2D eigenvalue weighted by Gasteiger charge is -2.42. The molecule has 0 aliphatic carbocycles. The molecule has 2 aliphatic heterocycles. The van der Waals surface area contributed by atoms with E-state index in [2.05, 4.69) is 49.9 Å². The molecule has 4 nitrogen and oxygen atoms in total. The molecule has 0 aromatic carbocycles. The van der Waals surface area contributed by atoms with Crippen LogP contribution < -0.4 is 4.90 Å². The zero-order valence-electron chi connectivity index (χ0n) is 18.7. The largest absolute Gasteiger partial charge is 0.332 e. The Bertz CT molecular complexity index is 554. The van der Waals surface area contributed by atoms with Crippen molar-refractivity contribution in [1.29, 1.82) is 0 Å². The zero-order valence-corrected chi connectivity index (χ0v) is 18.7. The first kappa shape index (κ1) is 21.5. The Balaban J connectivity index is 1.38. The minimum absolute atomic E-state index is 0.600. The van der Waals surface area contributed by atoms with Gasteiger partial charge in [-0.05, 0) is 51.0 Å². The number of nitrogens with zero attached hydrogens (tertiary/aromatic N) is 4. The number of rotatable bonds is 11. The lowest BCUT2D eigenvalue weighted by Crippen LogP contribution is -2.56. The van der Waals surface area contributed by atoms with Crippen LogP contribution in [-0.4, -0.2) is 46.1 Å². The van der Waals surface area contributed by atoms with Gasteiger partial charge in [-0.2, -0.15) is 0 Å². The van der Waals surface area contributed by atoms with E-state index in [-0.39, 0.29) is 0 Å². The predicted molar refractivity (Wildman–Crippen MR) is 119 cm³/mol. The summed E-state index contributed by atoms with van der Waals surface area (Å²) in [6.07, 6.45) is 17.4. The van der Waals surface area contributed by atoms with E-state index in [1.54, 1.807) is 0 Å². The lowest BCUT2D eigenvalue weighted by atomic mass is 10.0. The Morgan fingerprint density at radius 1 is 0.857 bits per heavy atom. The molecule has 1 aromatic heterocycles. The van der Waals surface area contributed by atoms with Crippen molar-refractivity contribution in [3.8, 4) is 0 Å². The normalized spacial score (nSPS) is 22.6. The van der Waals surface area contributed by atoms with Crippen LogP contribution in [0.1, 0.15) is 91.0 Å². The molecule has 2 saturated heterocycles. The van der Waals surface area contributed by atoms with Gasteiger partial charge in [0.15, 0.2) is 0 Å². The van der Waals surface area contributed by atoms with Crippen molar-refractivity contribution in [1.82, 2.24) is 14.9 Å². The third-order valence-electron chi connectivity index (χ3n) is 6.66. The quantitative estimate of drug-likeness (QED) is 0.472. The molecule has 0 amide bonds. The molecule has 1 aromatic rings. The standard InChI is InChI=1S/C24H42N4/c1-19(2)11-9-7-5-6-8-10-12-21-15-25-24(26-16-21)28-22-13-14-23(28)18-27(17-22)20(3)4/h15-16,19-20,22-23H,5-14,17-18H2,1-4H3. The fourth-order valence-corrected chi connectivity index (χ4v) is 4.88. The second-order valence-corrected chi connectivity index (χ2v) is 9.79. The molecular formula is C24H42N4. The lowest BCUT2D eigenvalue weighted by molar-refractivity contribution is 0.176. The van der Waals surface area contributed by atoms with E-state index in [9.17, 15) is 0 Å². The minimum atomic E-state index is 0.600. The van der Waals surface area contributed by atoms with Crippen molar-refractivity contribution in [3.63, 3.8) is 0 Å². The van der Waals surface area contributed by atoms with Crippen molar-refractivity contribution >= 4 is 5.95 Å². The SMILES string of the molecule is CC(C)CCCCCCCCc1cnc(N2C3CCC2CN(C(C)C)C3)nc1. The van der Waals surface area contributed by atoms with Crippen LogP contribution in [0.25, 0.3) is 0 Å². The van der Waals surface area contributed by atoms with Crippen molar-refractivity contribution in [2.75, 3.05) is 18.0 Å². The summed E-state index contributed by atoms with van der Waals surface area (Å²) in [7, 11) is 0. The zero-order chi connectivity index (χ0) is 19.9. The Morgan fingerprint density at radius 2 is 1.43 bits per heavy atom. The van der Waals surface area contributed by atoms with Crippen molar-refractivity contribution in [2.45, 2.75) is 110 Å². The van der Waals surface area contributed by atoms with Crippen molar-refractivity contribution in [2.24, 2.45) is 5.92 Å². The molecule has 0 spiro atoms. The molecule has 2 bridgehead atoms. The Morgan fingerprint density at radius 3 is 2.00 bits per heavy atom. The number of anilines is 1. The summed E-state index contributed by atoms with van der Waals surface area (Å²) in [5, 5.41) is 0. The number of piperazine rings is 1. The van der Waals surface area contributed by atoms with E-state index in [0.717, 1.165) is 31.4 Å². The van der Waals surface area contributed by atoms with Gasteiger partial charge >= 0.3 is 0 Å². The summed E-state index contributed by atoms with van der Waals surface area (Å²) < 4.78 is 0. The number of hydrogen-bond donors (Lipinski definition) is 0. The molecule has 3 heterocycles. The maximum Gasteiger partial charge on any atom is 0.225 e. The topological polar surface area (TPSA) is 32.3 Å². The average molecular weight is 387 g/mol. The highest BCUT2D eigenvalue weighted by Gasteiger charge is 2.41. The number of fused-ring (bicyclic) bond motifs is 2. The molecule has 0 N–H and O–H groups in total. The summed E-state index contributed by atoms with van der Waals surface area (Å²) in [6, 6.07) is 1.84. The molecule has 0 radical (unpaired) electrons. The van der Waals surface area contributed by atoms with Gasteiger partial charge in [0.2, 0.25) is 5.95 Å². The second kappa shape index (κ2) is 10.6. The van der Waals surface area contributed by atoms with Crippen LogP contribution >= 0.6 is 0 Å². The molecule has 2 aliphatic rings. The van der Waals surface area contributed by atoms with Crippen LogP contribution in [-0.2, 0) is 6.42 Å². The highest BCUT2D eigenvalue weighted by molar-refractivity contribution is 5.37. The molecule has 2 unspecified atom stereocenters. The highest BCUT2D eigenvalue weighted by atomic mass is 15.4. The number of likely N-dealkylation sites (tertiary alicyclic amines) is 1. The van der Waals surface area contributed by atoms with Gasteiger partial charge in [-0.3, -0.25) is 4.90 Å². The van der Waals surface area contributed by atoms with Gasteiger partial charge in [-0.1, -0.05) is 52.4 Å². The third-order valence-corrected chi connectivity index (χ3v) is 6.66. The maximum absolute atomic E-state index is 4.77. The smallest absolute Gasteiger partial charge is 0.225 e. The van der Waals surface area contributed by atoms with E-state index in [1.165, 1.54) is 63.4 Å². The van der Waals surface area contributed by atoms with Crippen molar-refractivity contribution < 1.29 is 0 Å². The summed E-state index contributed by atoms with van der Waals surface area (Å²) in [5.74, 6) is 1.82. The van der Waals surface area contributed by atoms with Crippen LogP contribution in [0, 0.1) is 5.92 Å². The van der Waals surface area contributed by atoms with Crippen molar-refractivity contribution in [3.05, 3.63) is 18.0 Å². The van der Waals surface area contributed by atoms with Crippen LogP contribution in [0.2, 0.25) is 0 Å². The van der Waals surface area contributed by atoms with Gasteiger partial charge in [0.05, 0.1) is 0 Å². The van der Waals surface area contributed by atoms with Crippen LogP contribution in [0.3, 0.4) is 0 Å². The fraction of sp³-hybridized carbons (Fsp3) is 0.833. The number of hydrogen-bond acceptors (Lipinski definition) is 4. The molecule has 4 heteroatoms. The highest BCUT2D eigenvalue weighted by Crippen LogP contribution is 2.33. The van der Waals surface area contributed by atoms with Gasteiger partial charge in [0, 0.05) is 43.6 Å². The second-order valence-electron chi connectivity index (χ2n) is 9.79. The average Bonchev–Trinajstić information content (AvgIpc) is 2.93. The summed E-state index contributed by atoms with van der Waals surface area (Å²) >= 11 is 0. The number of aryl methyl sites for hydroxylation is 1. The van der Waals surface area contributed by atoms with E-state index in [4.69, 9.17) is 9.97 Å².